The van der Waals surface area contributed by atoms with E-state index in [1.807, 2.05) is 0 Å². The Bertz CT molecular complexity index is 1110. The molecule has 138 valence electrons. The molecule has 7 heteroatoms. The van der Waals surface area contributed by atoms with Gasteiger partial charge in [0.15, 0.2) is 17.2 Å². The lowest BCUT2D eigenvalue weighted by molar-refractivity contribution is 0.0939. The van der Waals surface area contributed by atoms with Crippen molar-refractivity contribution in [3.8, 4) is 0 Å². The van der Waals surface area contributed by atoms with Crippen LogP contribution in [0.15, 0.2) is 57.6 Å². The second kappa shape index (κ2) is 6.75. The van der Waals surface area contributed by atoms with Crippen LogP contribution in [0.3, 0.4) is 0 Å². The van der Waals surface area contributed by atoms with Crippen LogP contribution in [0.1, 0.15) is 27.6 Å². The number of hydrogen-bond acceptors (Lipinski definition) is 3. The molecule has 0 aliphatic rings. The largest absolute Gasteiger partial charge is 0.467 e. The molecular weight excluding hydrogens is 354 g/mol. The Morgan fingerprint density at radius 3 is 2.74 bits per heavy atom. The molecule has 0 fully saturated rings. The number of carbonyl (C=O) groups is 1. The number of aromatic nitrogens is 1. The molecule has 4 rings (SSSR count). The Hall–Kier alpha value is -3.35. The first-order valence-electron chi connectivity index (χ1n) is 8.35. The Kier molecular flexibility index (Phi) is 4.27. The quantitative estimate of drug-likeness (QED) is 0.567. The van der Waals surface area contributed by atoms with Gasteiger partial charge in [-0.3, -0.25) is 4.79 Å². The molecule has 0 bridgehead atoms. The maximum Gasteiger partial charge on any atom is 0.268 e. The summed E-state index contributed by atoms with van der Waals surface area (Å²) in [6.45, 7) is 2.24. The zero-order valence-corrected chi connectivity index (χ0v) is 14.5. The van der Waals surface area contributed by atoms with E-state index in [1.54, 1.807) is 35.8 Å². The predicted octanol–water partition coefficient (Wildman–Crippen LogP) is 4.39. The van der Waals surface area contributed by atoms with Gasteiger partial charge in [-0.2, -0.15) is 0 Å². The molecular formula is C20H16F2N2O3. The highest BCUT2D eigenvalue weighted by Crippen LogP contribution is 2.25. The number of nitrogens with one attached hydrogen (secondary N) is 1. The number of amides is 1. The first-order chi connectivity index (χ1) is 13.0. The monoisotopic (exact) mass is 370 g/mol. The van der Waals surface area contributed by atoms with Crippen molar-refractivity contribution in [2.45, 2.75) is 20.0 Å². The number of rotatable bonds is 5. The zero-order chi connectivity index (χ0) is 19.0. The molecule has 4 aromatic rings. The summed E-state index contributed by atoms with van der Waals surface area (Å²) in [5.41, 5.74) is 2.16. The fraction of sp³-hybridized carbons (Fsp3) is 0.150. The van der Waals surface area contributed by atoms with Crippen molar-refractivity contribution in [1.82, 2.24) is 9.88 Å². The SMILES string of the molecule is Cc1cc2c(cc(C(=O)NCc3ccco3)n2Cc2ccc(F)c(F)c2)o1. The summed E-state index contributed by atoms with van der Waals surface area (Å²) in [7, 11) is 0. The van der Waals surface area contributed by atoms with E-state index >= 15 is 0 Å². The second-order valence-electron chi connectivity index (χ2n) is 6.23. The summed E-state index contributed by atoms with van der Waals surface area (Å²) < 4.78 is 39.3. The lowest BCUT2D eigenvalue weighted by atomic mass is 10.2. The van der Waals surface area contributed by atoms with Crippen LogP contribution in [0.4, 0.5) is 8.78 Å². The molecule has 3 heterocycles. The third-order valence-corrected chi connectivity index (χ3v) is 4.27. The van der Waals surface area contributed by atoms with Gasteiger partial charge >= 0.3 is 0 Å². The zero-order valence-electron chi connectivity index (χ0n) is 14.5. The first-order valence-corrected chi connectivity index (χ1v) is 8.35. The summed E-state index contributed by atoms with van der Waals surface area (Å²) in [5.74, 6) is -0.837. The van der Waals surface area contributed by atoms with Crippen LogP contribution in [-0.2, 0) is 13.1 Å². The second-order valence-corrected chi connectivity index (χ2v) is 6.23. The van der Waals surface area contributed by atoms with E-state index in [2.05, 4.69) is 5.32 Å². The molecule has 27 heavy (non-hydrogen) atoms. The molecule has 3 aromatic heterocycles. The van der Waals surface area contributed by atoms with Gasteiger partial charge in [0.1, 0.15) is 17.2 Å². The minimum Gasteiger partial charge on any atom is -0.467 e. The number of benzene rings is 1. The van der Waals surface area contributed by atoms with Crippen LogP contribution in [0.25, 0.3) is 11.1 Å². The molecule has 0 spiro atoms. The van der Waals surface area contributed by atoms with Crippen LogP contribution < -0.4 is 5.32 Å². The minimum atomic E-state index is -0.928. The molecule has 1 N–H and O–H groups in total. The van der Waals surface area contributed by atoms with E-state index < -0.39 is 11.6 Å². The van der Waals surface area contributed by atoms with Crippen molar-refractivity contribution >= 4 is 17.0 Å². The molecule has 1 amide bonds. The predicted molar refractivity (Wildman–Crippen MR) is 94.3 cm³/mol. The van der Waals surface area contributed by atoms with Crippen LogP contribution in [0, 0.1) is 18.6 Å². The molecule has 0 saturated carbocycles. The van der Waals surface area contributed by atoms with Gasteiger partial charge in [-0.05, 0) is 36.8 Å². The van der Waals surface area contributed by atoms with E-state index in [1.165, 1.54) is 12.3 Å². The lowest BCUT2D eigenvalue weighted by Gasteiger charge is -2.11. The number of aryl methyl sites for hydroxylation is 1. The van der Waals surface area contributed by atoms with E-state index in [0.29, 0.717) is 33.9 Å². The summed E-state index contributed by atoms with van der Waals surface area (Å²) in [6, 6.07) is 10.6. The van der Waals surface area contributed by atoms with Gasteiger partial charge < -0.3 is 18.7 Å². The highest BCUT2D eigenvalue weighted by Gasteiger charge is 2.19. The topological polar surface area (TPSA) is 60.3 Å². The molecule has 0 radical (unpaired) electrons. The van der Waals surface area contributed by atoms with Crippen molar-refractivity contribution in [1.29, 1.82) is 0 Å². The number of furan rings is 2. The van der Waals surface area contributed by atoms with Crippen molar-refractivity contribution < 1.29 is 22.4 Å². The number of halogens is 2. The molecule has 0 aliphatic carbocycles. The lowest BCUT2D eigenvalue weighted by Crippen LogP contribution is -2.25. The summed E-state index contributed by atoms with van der Waals surface area (Å²) in [6.07, 6.45) is 1.53. The van der Waals surface area contributed by atoms with Gasteiger partial charge in [-0.1, -0.05) is 6.07 Å². The van der Waals surface area contributed by atoms with Crippen LogP contribution >= 0.6 is 0 Å². The number of hydrogen-bond donors (Lipinski definition) is 1. The average Bonchev–Trinajstić information content (AvgIpc) is 3.34. The smallest absolute Gasteiger partial charge is 0.268 e. The van der Waals surface area contributed by atoms with Gasteiger partial charge in [0.05, 0.1) is 18.3 Å². The third kappa shape index (κ3) is 3.36. The number of carbonyl (C=O) groups excluding carboxylic acids is 1. The first kappa shape index (κ1) is 17.1. The fourth-order valence-corrected chi connectivity index (χ4v) is 3.02. The molecule has 0 unspecified atom stereocenters. The Morgan fingerprint density at radius 2 is 2.00 bits per heavy atom. The molecule has 1 aromatic carbocycles. The molecule has 0 aliphatic heterocycles. The average molecular weight is 370 g/mol. The highest BCUT2D eigenvalue weighted by atomic mass is 19.2. The van der Waals surface area contributed by atoms with Gasteiger partial charge in [-0.25, -0.2) is 8.78 Å². The van der Waals surface area contributed by atoms with Crippen molar-refractivity contribution in [2.75, 3.05) is 0 Å². The van der Waals surface area contributed by atoms with Gasteiger partial charge in [-0.15, -0.1) is 0 Å². The van der Waals surface area contributed by atoms with Crippen LogP contribution in [-0.4, -0.2) is 10.5 Å². The van der Waals surface area contributed by atoms with E-state index in [0.717, 1.165) is 12.1 Å². The minimum absolute atomic E-state index is 0.198. The maximum atomic E-state index is 13.6. The standard InChI is InChI=1S/C20H16F2N2O3/c1-12-7-17-19(27-12)9-18(20(25)23-10-14-3-2-6-26-14)24(17)11-13-4-5-15(21)16(22)8-13/h2-9H,10-11H2,1H3,(H,23,25). The van der Waals surface area contributed by atoms with E-state index in [4.69, 9.17) is 8.83 Å². The molecule has 0 atom stereocenters. The van der Waals surface area contributed by atoms with Crippen molar-refractivity contribution in [3.05, 3.63) is 83.1 Å². The van der Waals surface area contributed by atoms with Crippen molar-refractivity contribution in [2.24, 2.45) is 0 Å². The normalized spacial score (nSPS) is 11.2. The Balaban J connectivity index is 1.67. The van der Waals surface area contributed by atoms with E-state index in [9.17, 15) is 13.6 Å². The molecule has 0 saturated heterocycles. The summed E-state index contributed by atoms with van der Waals surface area (Å²) in [4.78, 5) is 12.7. The van der Waals surface area contributed by atoms with Crippen LogP contribution in [0.2, 0.25) is 0 Å². The Morgan fingerprint density at radius 1 is 1.15 bits per heavy atom. The number of nitrogens with zero attached hydrogens (tertiary/aromatic N) is 1. The summed E-state index contributed by atoms with van der Waals surface area (Å²) >= 11 is 0. The maximum absolute atomic E-state index is 13.6. The van der Waals surface area contributed by atoms with Crippen LogP contribution in [0.5, 0.6) is 0 Å². The van der Waals surface area contributed by atoms with Gasteiger partial charge in [0, 0.05) is 18.7 Å². The highest BCUT2D eigenvalue weighted by molar-refractivity contribution is 5.97. The Labute approximate surface area is 153 Å². The third-order valence-electron chi connectivity index (χ3n) is 4.27. The molecule has 5 nitrogen and oxygen atoms in total. The van der Waals surface area contributed by atoms with Gasteiger partial charge in [0.2, 0.25) is 0 Å². The van der Waals surface area contributed by atoms with E-state index in [-0.39, 0.29) is 19.0 Å². The van der Waals surface area contributed by atoms with Gasteiger partial charge in [0.25, 0.3) is 5.91 Å². The van der Waals surface area contributed by atoms with Crippen molar-refractivity contribution in [3.63, 3.8) is 0 Å². The fourth-order valence-electron chi connectivity index (χ4n) is 3.02. The summed E-state index contributed by atoms with van der Waals surface area (Å²) in [5, 5.41) is 2.78. The number of fused-ring (bicyclic) bond motifs is 1.